The molecule has 0 radical (unpaired) electrons. The first-order valence-corrected chi connectivity index (χ1v) is 13.7. The zero-order valence-corrected chi connectivity index (χ0v) is 21.0. The van der Waals surface area contributed by atoms with Crippen LogP contribution in [0.5, 0.6) is 5.75 Å². The Kier molecular flexibility index (Phi) is 7.04. The fourth-order valence-electron chi connectivity index (χ4n) is 3.81. The lowest BCUT2D eigenvalue weighted by atomic mass is 9.99. The van der Waals surface area contributed by atoms with E-state index in [4.69, 9.17) is 5.26 Å². The number of carboxylic acid groups (broad SMARTS) is 1. The van der Waals surface area contributed by atoms with E-state index >= 15 is 0 Å². The van der Waals surface area contributed by atoms with Gasteiger partial charge in [0, 0.05) is 15.7 Å². The summed E-state index contributed by atoms with van der Waals surface area (Å²) in [6.45, 7) is 1.54. The van der Waals surface area contributed by atoms with E-state index in [1.165, 1.54) is 36.4 Å². The van der Waals surface area contributed by atoms with Crippen LogP contribution in [0.1, 0.15) is 15.9 Å². The maximum atomic E-state index is 13.2. The number of anilines is 1. The highest BCUT2D eigenvalue weighted by Gasteiger charge is 2.22. The quantitative estimate of drug-likeness (QED) is 0.0882. The molecule has 0 spiro atoms. The average Bonchev–Trinajstić information content (AvgIpc) is 2.83. The Balaban J connectivity index is 1.87. The van der Waals surface area contributed by atoms with Crippen LogP contribution in [0.3, 0.4) is 0 Å². The molecule has 0 unspecified atom stereocenters. The van der Waals surface area contributed by atoms with Crippen molar-refractivity contribution in [3.05, 3.63) is 65.7 Å². The van der Waals surface area contributed by atoms with Gasteiger partial charge >= 0.3 is 5.97 Å². The molecule has 0 fully saturated rings. The molecule has 12 nitrogen and oxygen atoms in total. The third-order valence-electron chi connectivity index (χ3n) is 5.49. The van der Waals surface area contributed by atoms with Crippen molar-refractivity contribution >= 4 is 65.4 Å². The molecule has 0 saturated heterocycles. The van der Waals surface area contributed by atoms with Gasteiger partial charge < -0.3 is 10.2 Å². The molecule has 0 heterocycles. The normalized spacial score (nSPS) is 12.2. The molecule has 0 aliphatic rings. The van der Waals surface area contributed by atoms with Gasteiger partial charge in [0.2, 0.25) is 0 Å². The van der Waals surface area contributed by atoms with Gasteiger partial charge in [-0.15, -0.1) is 4.33 Å². The lowest BCUT2D eigenvalue weighted by Gasteiger charge is -2.14. The van der Waals surface area contributed by atoms with E-state index < -0.39 is 31.0 Å². The van der Waals surface area contributed by atoms with Crippen LogP contribution in [0.25, 0.3) is 21.5 Å². The summed E-state index contributed by atoms with van der Waals surface area (Å²) in [6.07, 6.45) is 0. The molecule has 15 heteroatoms. The predicted octanol–water partition coefficient (Wildman–Crippen LogP) is 4.18. The van der Waals surface area contributed by atoms with Gasteiger partial charge in [0.15, 0.2) is 0 Å². The molecule has 0 aliphatic heterocycles. The summed E-state index contributed by atoms with van der Waals surface area (Å²) in [4.78, 5) is 11.0. The highest BCUT2D eigenvalue weighted by Crippen LogP contribution is 2.36. The summed E-state index contributed by atoms with van der Waals surface area (Å²) in [5, 5.41) is 32.1. The van der Waals surface area contributed by atoms with Crippen molar-refractivity contribution in [1.82, 2.24) is 0 Å². The van der Waals surface area contributed by atoms with Crippen molar-refractivity contribution in [3.63, 3.8) is 0 Å². The van der Waals surface area contributed by atoms with Gasteiger partial charge in [0.1, 0.15) is 10.6 Å². The zero-order valence-electron chi connectivity index (χ0n) is 18.6. The maximum Gasteiger partial charge on any atom is 0.336 e. The number of sulfonamides is 1. The van der Waals surface area contributed by atoms with Gasteiger partial charge in [-0.1, -0.05) is 23.2 Å². The minimum Gasteiger partial charge on any atom is -0.508 e. The number of aryl methyl sites for hydroxylation is 1. The van der Waals surface area contributed by atoms with Crippen LogP contribution < -0.4 is 4.72 Å². The number of fused-ring (bicyclic) bond motifs is 2. The second-order valence-electron chi connectivity index (χ2n) is 7.71. The average molecular weight is 568 g/mol. The fraction of sp³-hybridized carbons (Fsp3) is 0.0455. The summed E-state index contributed by atoms with van der Waals surface area (Å²) < 4.78 is 67.0. The summed E-state index contributed by atoms with van der Waals surface area (Å²) in [6, 6.07) is 11.1. The Morgan fingerprint density at radius 3 is 2.32 bits per heavy atom. The zero-order chi connectivity index (χ0) is 27.1. The summed E-state index contributed by atoms with van der Waals surface area (Å²) in [7, 11) is -9.23. The van der Waals surface area contributed by atoms with Crippen LogP contribution in [0.4, 0.5) is 5.69 Å². The van der Waals surface area contributed by atoms with Gasteiger partial charge in [-0.25, -0.2) is 18.5 Å². The fourth-order valence-corrected chi connectivity index (χ4v) is 6.11. The van der Waals surface area contributed by atoms with Crippen molar-refractivity contribution in [2.75, 3.05) is 4.72 Å². The number of benzene rings is 4. The molecule has 0 saturated carbocycles. The van der Waals surface area contributed by atoms with Crippen LogP contribution in [0.2, 0.25) is 0 Å². The number of hydrogen-bond donors (Lipinski definition) is 5. The summed E-state index contributed by atoms with van der Waals surface area (Å²) in [5.41, 5.74) is -0.218. The molecule has 0 atom stereocenters. The molecule has 0 amide bonds. The first kappa shape index (κ1) is 26.6. The largest absolute Gasteiger partial charge is 0.508 e. The van der Waals surface area contributed by atoms with Crippen LogP contribution in [-0.4, -0.2) is 42.8 Å². The molecular formula is C22H17NO11S3. The van der Waals surface area contributed by atoms with Gasteiger partial charge in [-0.3, -0.25) is 9.27 Å². The number of hydrogen-bond acceptors (Lipinski definition) is 10. The van der Waals surface area contributed by atoms with E-state index in [0.717, 1.165) is 18.2 Å². The number of aromatic hydroxyl groups is 1. The standard InChI is InChI=1S/C22H17NO11S3/c1-11-14-6-5-13(9-16(14)18(22(25)26)10-19(11)24)36(28,29)23-12-7-17-15(21(8-12)37(30,31)32)3-2-4-20(17)35-34-33-27/h2-10,23-24,27H,1H3,(H,25,26)(H,30,31,32). The first-order valence-electron chi connectivity index (χ1n) is 10.0. The number of carbonyl (C=O) groups is 1. The molecule has 194 valence electrons. The van der Waals surface area contributed by atoms with Gasteiger partial charge in [-0.05, 0) is 59.7 Å². The molecule has 0 aromatic heterocycles. The second kappa shape index (κ2) is 9.79. The van der Waals surface area contributed by atoms with Crippen molar-refractivity contribution in [1.29, 1.82) is 0 Å². The smallest absolute Gasteiger partial charge is 0.336 e. The van der Waals surface area contributed by atoms with E-state index in [9.17, 15) is 36.4 Å². The van der Waals surface area contributed by atoms with E-state index in [2.05, 4.69) is 14.1 Å². The lowest BCUT2D eigenvalue weighted by molar-refractivity contribution is -0.432. The van der Waals surface area contributed by atoms with Gasteiger partial charge in [0.25, 0.3) is 20.1 Å². The maximum absolute atomic E-state index is 13.2. The van der Waals surface area contributed by atoms with Crippen molar-refractivity contribution in [2.45, 2.75) is 21.6 Å². The number of carboxylic acids is 1. The molecule has 0 bridgehead atoms. The Morgan fingerprint density at radius 2 is 1.68 bits per heavy atom. The highest BCUT2D eigenvalue weighted by molar-refractivity contribution is 7.94. The summed E-state index contributed by atoms with van der Waals surface area (Å²) in [5.74, 6) is -1.65. The molecule has 4 rings (SSSR count). The Morgan fingerprint density at radius 1 is 0.946 bits per heavy atom. The summed E-state index contributed by atoms with van der Waals surface area (Å²) >= 11 is 0.499. The minimum absolute atomic E-state index is 0.0316. The monoisotopic (exact) mass is 567 g/mol. The van der Waals surface area contributed by atoms with Crippen LogP contribution in [-0.2, 0) is 29.5 Å². The van der Waals surface area contributed by atoms with Crippen molar-refractivity contribution < 1.29 is 51.0 Å². The van der Waals surface area contributed by atoms with Gasteiger partial charge in [-0.2, -0.15) is 8.42 Å². The molecule has 4 aromatic rings. The Bertz CT molecular complexity index is 1790. The molecule has 4 aromatic carbocycles. The highest BCUT2D eigenvalue weighted by atomic mass is 32.2. The van der Waals surface area contributed by atoms with Crippen molar-refractivity contribution in [2.24, 2.45) is 0 Å². The van der Waals surface area contributed by atoms with E-state index in [1.54, 1.807) is 6.92 Å². The molecule has 0 aliphatic carbocycles. The number of nitrogens with one attached hydrogen (secondary N) is 1. The van der Waals surface area contributed by atoms with E-state index in [1.807, 2.05) is 0 Å². The SMILES string of the molecule is Cc1c(O)cc(C(=O)O)c2cc(S(=O)(=O)Nc3cc(S(=O)(=O)O)c4cccc(SOOO)c4c3)ccc12. The van der Waals surface area contributed by atoms with Gasteiger partial charge in [0.05, 0.1) is 28.2 Å². The van der Waals surface area contributed by atoms with Crippen LogP contribution >= 0.6 is 12.0 Å². The van der Waals surface area contributed by atoms with Crippen LogP contribution in [0, 0.1) is 6.92 Å². The topological polar surface area (TPSA) is 197 Å². The Hall–Kier alpha value is -3.44. The van der Waals surface area contributed by atoms with Crippen molar-refractivity contribution in [3.8, 4) is 5.75 Å². The van der Waals surface area contributed by atoms with E-state index in [-0.39, 0.29) is 42.9 Å². The molecule has 5 N–H and O–H groups in total. The number of rotatable bonds is 8. The number of aromatic carboxylic acids is 1. The third kappa shape index (κ3) is 5.19. The number of phenolic OH excluding ortho intramolecular Hbond substituents is 1. The first-order chi connectivity index (χ1) is 17.3. The predicted molar refractivity (Wildman–Crippen MR) is 133 cm³/mol. The molecule has 37 heavy (non-hydrogen) atoms. The van der Waals surface area contributed by atoms with Crippen LogP contribution in [0.15, 0.2) is 69.3 Å². The lowest BCUT2D eigenvalue weighted by Crippen LogP contribution is -2.14. The second-order valence-corrected chi connectivity index (χ2v) is 11.5. The number of phenols is 1. The van der Waals surface area contributed by atoms with E-state index in [0.29, 0.717) is 23.0 Å². The third-order valence-corrected chi connectivity index (χ3v) is 8.43. The molecular weight excluding hydrogens is 550 g/mol. The minimum atomic E-state index is -4.82. The Labute approximate surface area is 213 Å².